The van der Waals surface area contributed by atoms with Crippen molar-refractivity contribution in [1.29, 1.82) is 0 Å². The topological polar surface area (TPSA) is 52.0 Å². The van der Waals surface area contributed by atoms with Gasteiger partial charge in [-0.1, -0.05) is 0 Å². The summed E-state index contributed by atoms with van der Waals surface area (Å²) in [4.78, 5) is -0.609. The first-order valence-corrected chi connectivity index (χ1v) is 6.07. The fourth-order valence-corrected chi connectivity index (χ4v) is 2.53. The molecule has 0 fully saturated rings. The van der Waals surface area contributed by atoms with Gasteiger partial charge in [-0.15, -0.1) is 0 Å². The number of hydrogen-bond acceptors (Lipinski definition) is 3. The molecule has 0 amide bonds. The monoisotopic (exact) mass is 258 g/mol. The summed E-state index contributed by atoms with van der Waals surface area (Å²) in [5, 5.41) is 3.60. The number of aromatic nitrogens is 2. The van der Waals surface area contributed by atoms with Crippen LogP contribution in [0.2, 0.25) is 0 Å². The summed E-state index contributed by atoms with van der Waals surface area (Å²) in [5.41, 5.74) is 0.621. The Morgan fingerprint density at radius 3 is 2.53 bits per heavy atom. The third-order valence-electron chi connectivity index (χ3n) is 2.11. The summed E-state index contributed by atoms with van der Waals surface area (Å²) >= 11 is 0. The smallest absolute Gasteiger partial charge is 0.207 e. The maximum Gasteiger partial charge on any atom is 0.285 e. The van der Waals surface area contributed by atoms with Gasteiger partial charge >= 0.3 is 0 Å². The van der Waals surface area contributed by atoms with Crippen molar-refractivity contribution in [3.63, 3.8) is 0 Å². The highest BCUT2D eigenvalue weighted by molar-refractivity contribution is 7.89. The highest BCUT2D eigenvalue weighted by Crippen LogP contribution is 2.18. The summed E-state index contributed by atoms with van der Waals surface area (Å²) in [6, 6.07) is 2.27. The van der Waals surface area contributed by atoms with Crippen molar-refractivity contribution in [2.24, 2.45) is 0 Å². The molecular weight excluding hydrogens is 250 g/mol. The molecule has 0 atom stereocenters. The Hall–Kier alpha value is -1.76. The lowest BCUT2D eigenvalue weighted by atomic mass is 10.3. The quantitative estimate of drug-likeness (QED) is 0.824. The minimum absolute atomic E-state index is 0.517. The second kappa shape index (κ2) is 3.92. The van der Waals surface area contributed by atoms with Gasteiger partial charge in [-0.2, -0.15) is 17.6 Å². The van der Waals surface area contributed by atoms with Gasteiger partial charge in [-0.25, -0.2) is 8.78 Å². The molecule has 0 aliphatic carbocycles. The number of aryl methyl sites for hydroxylation is 1. The number of halogens is 2. The van der Waals surface area contributed by atoms with E-state index < -0.39 is 26.6 Å². The molecule has 2 rings (SSSR count). The first-order valence-electron chi connectivity index (χ1n) is 4.63. The second-order valence-electron chi connectivity index (χ2n) is 3.47. The van der Waals surface area contributed by atoms with Gasteiger partial charge < -0.3 is 0 Å². The zero-order valence-electron chi connectivity index (χ0n) is 8.76. The number of benzene rings is 1. The normalized spacial score (nSPS) is 11.7. The Morgan fingerprint density at radius 1 is 1.29 bits per heavy atom. The molecule has 0 unspecified atom stereocenters. The van der Waals surface area contributed by atoms with Gasteiger partial charge in [0.05, 0.1) is 6.20 Å². The minimum atomic E-state index is -4.10. The van der Waals surface area contributed by atoms with Crippen LogP contribution in [0.3, 0.4) is 0 Å². The highest BCUT2D eigenvalue weighted by atomic mass is 32.2. The fraction of sp³-hybridized carbons (Fsp3) is 0.100. The third kappa shape index (κ3) is 2.05. The molecule has 0 spiro atoms. The van der Waals surface area contributed by atoms with Crippen LogP contribution in [-0.4, -0.2) is 17.6 Å². The van der Waals surface area contributed by atoms with Crippen LogP contribution in [0.25, 0.3) is 0 Å². The van der Waals surface area contributed by atoms with Crippen LogP contribution in [0.15, 0.2) is 35.5 Å². The summed E-state index contributed by atoms with van der Waals surface area (Å²) < 4.78 is 50.5. The molecule has 0 aliphatic rings. The molecule has 1 aromatic heterocycles. The predicted molar refractivity (Wildman–Crippen MR) is 55.9 cm³/mol. The van der Waals surface area contributed by atoms with Crippen molar-refractivity contribution >= 4 is 10.0 Å². The van der Waals surface area contributed by atoms with Gasteiger partial charge in [0.15, 0.2) is 0 Å². The Morgan fingerprint density at radius 2 is 2.00 bits per heavy atom. The number of hydrogen-bond donors (Lipinski definition) is 0. The predicted octanol–water partition coefficient (Wildman–Crippen LogP) is 1.71. The Bertz CT molecular complexity index is 665. The summed E-state index contributed by atoms with van der Waals surface area (Å²) in [6.07, 6.45) is 2.58. The zero-order valence-corrected chi connectivity index (χ0v) is 9.58. The lowest BCUT2D eigenvalue weighted by Crippen LogP contribution is -2.15. The SMILES string of the molecule is Cc1cnn(S(=O)(=O)c2ccc(F)cc2F)c1. The summed E-state index contributed by atoms with van der Waals surface area (Å²) in [5.74, 6) is -1.98. The Balaban J connectivity index is 2.60. The molecular formula is C10H8F2N2O2S. The van der Waals surface area contributed by atoms with Crippen LogP contribution >= 0.6 is 0 Å². The molecule has 0 saturated carbocycles. The van der Waals surface area contributed by atoms with E-state index >= 15 is 0 Å². The van der Waals surface area contributed by atoms with E-state index in [1.165, 1.54) is 12.4 Å². The van der Waals surface area contributed by atoms with Gasteiger partial charge in [-0.05, 0) is 24.6 Å². The average Bonchev–Trinajstić information content (AvgIpc) is 2.64. The standard InChI is InChI=1S/C10H8F2N2O2S/c1-7-5-13-14(6-7)17(15,16)10-3-2-8(11)4-9(10)12/h2-6H,1H3. The molecule has 1 aromatic carbocycles. The van der Waals surface area contributed by atoms with Gasteiger partial charge in [0.1, 0.15) is 16.5 Å². The van der Waals surface area contributed by atoms with Crippen LogP contribution < -0.4 is 0 Å². The molecule has 90 valence electrons. The average molecular weight is 258 g/mol. The molecule has 0 radical (unpaired) electrons. The molecule has 0 saturated heterocycles. The van der Waals surface area contributed by atoms with Crippen LogP contribution in [-0.2, 0) is 10.0 Å². The molecule has 7 heteroatoms. The second-order valence-corrected chi connectivity index (χ2v) is 5.23. The van der Waals surface area contributed by atoms with E-state index in [1.807, 2.05) is 0 Å². The summed E-state index contributed by atoms with van der Waals surface area (Å²) in [7, 11) is -4.10. The van der Waals surface area contributed by atoms with Gasteiger partial charge in [0.25, 0.3) is 10.0 Å². The third-order valence-corrected chi connectivity index (χ3v) is 3.69. The van der Waals surface area contributed by atoms with Crippen LogP contribution in [0.5, 0.6) is 0 Å². The minimum Gasteiger partial charge on any atom is -0.207 e. The molecule has 4 nitrogen and oxygen atoms in total. The van der Waals surface area contributed by atoms with Gasteiger partial charge in [0.2, 0.25) is 0 Å². The molecule has 1 heterocycles. The maximum atomic E-state index is 13.4. The molecule has 0 N–H and O–H groups in total. The molecule has 17 heavy (non-hydrogen) atoms. The van der Waals surface area contributed by atoms with Gasteiger partial charge in [0, 0.05) is 12.3 Å². The van der Waals surface area contributed by atoms with E-state index in [2.05, 4.69) is 5.10 Å². The van der Waals surface area contributed by atoms with Crippen molar-refractivity contribution in [1.82, 2.24) is 9.19 Å². The van der Waals surface area contributed by atoms with Crippen LogP contribution in [0.4, 0.5) is 8.78 Å². The van der Waals surface area contributed by atoms with Crippen molar-refractivity contribution < 1.29 is 17.2 Å². The Labute approximate surface area is 96.6 Å². The lowest BCUT2D eigenvalue weighted by Gasteiger charge is -2.05. The van der Waals surface area contributed by atoms with Crippen LogP contribution in [0, 0.1) is 18.6 Å². The molecule has 0 aliphatic heterocycles. The van der Waals surface area contributed by atoms with E-state index in [9.17, 15) is 17.2 Å². The molecule has 0 bridgehead atoms. The maximum absolute atomic E-state index is 13.4. The lowest BCUT2D eigenvalue weighted by molar-refractivity contribution is 0.542. The van der Waals surface area contributed by atoms with E-state index in [0.29, 0.717) is 15.7 Å². The highest BCUT2D eigenvalue weighted by Gasteiger charge is 2.22. The van der Waals surface area contributed by atoms with E-state index in [-0.39, 0.29) is 0 Å². The van der Waals surface area contributed by atoms with E-state index in [1.54, 1.807) is 6.92 Å². The number of rotatable bonds is 2. The van der Waals surface area contributed by atoms with Crippen molar-refractivity contribution in [3.8, 4) is 0 Å². The van der Waals surface area contributed by atoms with Crippen molar-refractivity contribution in [2.45, 2.75) is 11.8 Å². The zero-order chi connectivity index (χ0) is 12.6. The Kier molecular flexibility index (Phi) is 2.70. The number of nitrogens with zero attached hydrogens (tertiary/aromatic N) is 2. The fourth-order valence-electron chi connectivity index (χ4n) is 1.31. The summed E-state index contributed by atoms with van der Waals surface area (Å²) in [6.45, 7) is 1.65. The molecule has 2 aromatic rings. The first kappa shape index (κ1) is 11.7. The van der Waals surface area contributed by atoms with Crippen molar-refractivity contribution in [3.05, 3.63) is 47.8 Å². The van der Waals surface area contributed by atoms with E-state index in [4.69, 9.17) is 0 Å². The van der Waals surface area contributed by atoms with E-state index in [0.717, 1.165) is 12.1 Å². The van der Waals surface area contributed by atoms with Crippen molar-refractivity contribution in [2.75, 3.05) is 0 Å². The van der Waals surface area contributed by atoms with Crippen LogP contribution in [0.1, 0.15) is 5.56 Å². The first-order chi connectivity index (χ1) is 7.91. The largest absolute Gasteiger partial charge is 0.285 e. The van der Waals surface area contributed by atoms with Gasteiger partial charge in [-0.3, -0.25) is 0 Å².